The van der Waals surface area contributed by atoms with Gasteiger partial charge >= 0.3 is 12.1 Å². The highest BCUT2D eigenvalue weighted by Crippen LogP contribution is 2.37. The van der Waals surface area contributed by atoms with Gasteiger partial charge in [-0.05, 0) is 38.1 Å². The minimum atomic E-state index is -5.08. The molecule has 41 heavy (non-hydrogen) atoms. The van der Waals surface area contributed by atoms with Gasteiger partial charge in [-0.1, -0.05) is 0 Å². The van der Waals surface area contributed by atoms with Gasteiger partial charge in [-0.3, -0.25) is 9.48 Å². The summed E-state index contributed by atoms with van der Waals surface area (Å²) in [6.45, 7) is 6.12. The van der Waals surface area contributed by atoms with Crippen LogP contribution in [-0.2, 0) is 24.9 Å². The summed E-state index contributed by atoms with van der Waals surface area (Å²) in [7, 11) is 1.69. The number of aromatic nitrogens is 5. The van der Waals surface area contributed by atoms with Crippen molar-refractivity contribution in [3.63, 3.8) is 0 Å². The van der Waals surface area contributed by atoms with Crippen LogP contribution in [0.5, 0.6) is 5.75 Å². The molecule has 0 unspecified atom stereocenters. The maximum Gasteiger partial charge on any atom is 0.490 e. The molecular weight excluding hydrogens is 548 g/mol. The van der Waals surface area contributed by atoms with Gasteiger partial charge < -0.3 is 19.7 Å². The number of hydrogen-bond donors (Lipinski definition) is 2. The van der Waals surface area contributed by atoms with Crippen LogP contribution in [0.25, 0.3) is 33.9 Å². The largest absolute Gasteiger partial charge is 0.490 e. The van der Waals surface area contributed by atoms with Gasteiger partial charge in [-0.2, -0.15) is 18.3 Å². The number of carboxylic acid groups (broad SMARTS) is 1. The number of fused-ring (bicyclic) bond motifs is 1. The highest BCUT2D eigenvalue weighted by molar-refractivity contribution is 5.83. The Bertz CT molecular complexity index is 1610. The van der Waals surface area contributed by atoms with Gasteiger partial charge in [0.05, 0.1) is 18.3 Å². The molecule has 1 aliphatic rings. The lowest BCUT2D eigenvalue weighted by molar-refractivity contribution is -0.192. The number of aryl methyl sites for hydroxylation is 1. The van der Waals surface area contributed by atoms with Crippen molar-refractivity contribution in [3.05, 3.63) is 70.7 Å². The molecule has 2 N–H and O–H groups in total. The molecule has 0 atom stereocenters. The lowest BCUT2D eigenvalue weighted by atomic mass is 10.0. The third-order valence-electron chi connectivity index (χ3n) is 5.88. The van der Waals surface area contributed by atoms with Crippen molar-refractivity contribution in [2.75, 3.05) is 6.54 Å². The third kappa shape index (κ3) is 6.95. The average molecular weight is 575 g/mol. The summed E-state index contributed by atoms with van der Waals surface area (Å²) in [6, 6.07) is 9.65. The molecule has 0 bridgehead atoms. The number of rotatable bonds is 5. The van der Waals surface area contributed by atoms with Gasteiger partial charge in [-0.15, -0.1) is 0 Å². The van der Waals surface area contributed by atoms with Crippen LogP contribution in [0, 0.1) is 5.82 Å². The molecule has 3 aromatic heterocycles. The standard InChI is InChI=1S/C25H25FN6O2.C2HF3O2/c1-15(2)34-22-10-17(26)5-6-19(22)20-13-28-25(16-4-7-23(33)31(3)14-16)29-24(20)21-11-18-12-27-8-9-32(18)30-21;3-2(4,5)1(6)7/h4-7,10-11,13-15,27H,8-9,12H2,1-3H3;(H,6,7). The Balaban J connectivity index is 0.000000493. The summed E-state index contributed by atoms with van der Waals surface area (Å²) >= 11 is 0. The molecule has 216 valence electrons. The summed E-state index contributed by atoms with van der Waals surface area (Å²) in [5, 5.41) is 15.3. The topological polar surface area (TPSA) is 124 Å². The number of hydrogen-bond acceptors (Lipinski definition) is 7. The zero-order valence-corrected chi connectivity index (χ0v) is 22.2. The Morgan fingerprint density at radius 2 is 1.88 bits per heavy atom. The van der Waals surface area contributed by atoms with Crippen molar-refractivity contribution in [2.24, 2.45) is 7.05 Å². The Labute approximate surface area is 231 Å². The fraction of sp³-hybridized carbons (Fsp3) is 0.296. The van der Waals surface area contributed by atoms with Crippen molar-refractivity contribution in [1.82, 2.24) is 29.6 Å². The highest BCUT2D eigenvalue weighted by Gasteiger charge is 2.38. The van der Waals surface area contributed by atoms with Crippen LogP contribution in [0.15, 0.2) is 53.6 Å². The van der Waals surface area contributed by atoms with Gasteiger partial charge in [-0.25, -0.2) is 19.2 Å². The molecule has 0 fully saturated rings. The van der Waals surface area contributed by atoms with Crippen LogP contribution in [0.3, 0.4) is 0 Å². The lowest BCUT2D eigenvalue weighted by Crippen LogP contribution is -2.28. The number of pyridine rings is 1. The second kappa shape index (κ2) is 11.9. The van der Waals surface area contributed by atoms with Crippen molar-refractivity contribution in [2.45, 2.75) is 39.2 Å². The van der Waals surface area contributed by atoms with E-state index >= 15 is 0 Å². The fourth-order valence-corrected chi connectivity index (χ4v) is 4.02. The van der Waals surface area contributed by atoms with Crippen LogP contribution < -0.4 is 15.6 Å². The van der Waals surface area contributed by atoms with E-state index in [1.165, 1.54) is 22.8 Å². The fourth-order valence-electron chi connectivity index (χ4n) is 4.02. The van der Waals surface area contributed by atoms with E-state index < -0.39 is 12.1 Å². The van der Waals surface area contributed by atoms with Gasteiger partial charge in [0.2, 0.25) is 5.56 Å². The predicted molar refractivity (Wildman–Crippen MR) is 140 cm³/mol. The quantitative estimate of drug-likeness (QED) is 0.343. The molecule has 1 aliphatic heterocycles. The first kappa shape index (κ1) is 29.4. The smallest absolute Gasteiger partial charge is 0.490 e. The number of alkyl halides is 3. The number of nitrogens with one attached hydrogen (secondary N) is 1. The zero-order valence-electron chi connectivity index (χ0n) is 22.2. The summed E-state index contributed by atoms with van der Waals surface area (Å²) in [4.78, 5) is 30.2. The number of benzene rings is 1. The lowest BCUT2D eigenvalue weighted by Gasteiger charge is -2.16. The normalized spacial score (nSPS) is 12.9. The van der Waals surface area contributed by atoms with Crippen LogP contribution in [0.1, 0.15) is 19.5 Å². The van der Waals surface area contributed by atoms with E-state index in [0.29, 0.717) is 39.7 Å². The molecule has 0 saturated heterocycles. The summed E-state index contributed by atoms with van der Waals surface area (Å²) < 4.78 is 55.2. The molecule has 0 saturated carbocycles. The van der Waals surface area contributed by atoms with Crippen LogP contribution in [0.4, 0.5) is 17.6 Å². The molecule has 0 radical (unpaired) electrons. The van der Waals surface area contributed by atoms with Crippen molar-refractivity contribution in [1.29, 1.82) is 0 Å². The molecule has 1 aromatic carbocycles. The molecule has 0 spiro atoms. The van der Waals surface area contributed by atoms with E-state index in [0.717, 1.165) is 25.3 Å². The van der Waals surface area contributed by atoms with Crippen molar-refractivity contribution in [3.8, 4) is 39.7 Å². The van der Waals surface area contributed by atoms with Gasteiger partial charge in [0.25, 0.3) is 0 Å². The van der Waals surface area contributed by atoms with E-state index in [2.05, 4.69) is 10.3 Å². The first-order valence-corrected chi connectivity index (χ1v) is 12.4. The highest BCUT2D eigenvalue weighted by atomic mass is 19.4. The number of carbonyl (C=O) groups is 1. The molecule has 14 heteroatoms. The molecule has 5 rings (SSSR count). The zero-order chi connectivity index (χ0) is 29.9. The summed E-state index contributed by atoms with van der Waals surface area (Å²) in [6.07, 6.45) is -1.81. The minimum Gasteiger partial charge on any atom is -0.490 e. The first-order chi connectivity index (χ1) is 19.3. The minimum absolute atomic E-state index is 0.114. The number of halogens is 4. The molecule has 4 heterocycles. The Morgan fingerprint density at radius 1 is 1.15 bits per heavy atom. The number of carboxylic acids is 1. The summed E-state index contributed by atoms with van der Waals surface area (Å²) in [5.74, 6) is -2.26. The summed E-state index contributed by atoms with van der Waals surface area (Å²) in [5.41, 5.74) is 4.33. The van der Waals surface area contributed by atoms with Crippen LogP contribution >= 0.6 is 0 Å². The van der Waals surface area contributed by atoms with Crippen LogP contribution in [0.2, 0.25) is 0 Å². The van der Waals surface area contributed by atoms with Gasteiger partial charge in [0.15, 0.2) is 5.82 Å². The second-order valence-corrected chi connectivity index (χ2v) is 9.35. The molecule has 4 aromatic rings. The van der Waals surface area contributed by atoms with E-state index in [-0.39, 0.29) is 17.5 Å². The number of aliphatic carboxylic acids is 1. The van der Waals surface area contributed by atoms with Crippen molar-refractivity contribution < 1.29 is 32.2 Å². The first-order valence-electron chi connectivity index (χ1n) is 12.4. The second-order valence-electron chi connectivity index (χ2n) is 9.35. The average Bonchev–Trinajstić information content (AvgIpc) is 3.34. The predicted octanol–water partition coefficient (Wildman–Crippen LogP) is 4.04. The van der Waals surface area contributed by atoms with Gasteiger partial charge in [0, 0.05) is 61.4 Å². The Kier molecular flexibility index (Phi) is 8.52. The SMILES string of the molecule is CC(C)Oc1cc(F)ccc1-c1cnc(-c2ccc(=O)n(C)c2)nc1-c1cc2n(n1)CCNC2.O=C(O)C(F)(F)F. The number of nitrogens with zero attached hydrogens (tertiary/aromatic N) is 5. The Morgan fingerprint density at radius 3 is 2.51 bits per heavy atom. The Hall–Kier alpha value is -4.59. The van der Waals surface area contributed by atoms with E-state index in [4.69, 9.17) is 24.7 Å². The third-order valence-corrected chi connectivity index (χ3v) is 5.88. The monoisotopic (exact) mass is 574 g/mol. The van der Waals surface area contributed by atoms with E-state index in [1.807, 2.05) is 24.6 Å². The van der Waals surface area contributed by atoms with E-state index in [1.54, 1.807) is 31.6 Å². The van der Waals surface area contributed by atoms with Crippen LogP contribution in [-0.4, -0.2) is 54.2 Å². The molecular formula is C27H26F4N6O4. The van der Waals surface area contributed by atoms with Gasteiger partial charge in [0.1, 0.15) is 23.0 Å². The maximum absolute atomic E-state index is 14.1. The maximum atomic E-state index is 14.1. The molecule has 0 aliphatic carbocycles. The number of ether oxygens (including phenoxy) is 1. The van der Waals surface area contributed by atoms with Crippen molar-refractivity contribution >= 4 is 5.97 Å². The van der Waals surface area contributed by atoms with E-state index in [9.17, 15) is 22.4 Å². The molecule has 10 nitrogen and oxygen atoms in total. The molecule has 0 amide bonds.